The van der Waals surface area contributed by atoms with Crippen molar-refractivity contribution in [2.75, 3.05) is 5.88 Å². The van der Waals surface area contributed by atoms with Gasteiger partial charge in [-0.1, -0.05) is 0 Å². The van der Waals surface area contributed by atoms with Crippen LogP contribution in [0.5, 0.6) is 0 Å². The van der Waals surface area contributed by atoms with Crippen molar-refractivity contribution in [3.63, 3.8) is 0 Å². The van der Waals surface area contributed by atoms with Gasteiger partial charge in [0.05, 0.1) is 18.0 Å². The Morgan fingerprint density at radius 1 is 1.57 bits per heavy atom. The number of nitrogens with one attached hydrogen (secondary N) is 1. The highest BCUT2D eigenvalue weighted by Gasteiger charge is 2.19. The zero-order chi connectivity index (χ0) is 10.6. The average Bonchev–Trinajstić information content (AvgIpc) is 2.19. The summed E-state index contributed by atoms with van der Waals surface area (Å²) >= 11 is 5.68. The lowest BCUT2D eigenvalue weighted by Gasteiger charge is -2.22. The fraction of sp³-hybridized carbons (Fsp3) is 0.444. The molecule has 0 atom stereocenters. The molecule has 0 aliphatic carbocycles. The highest BCUT2D eigenvalue weighted by atomic mass is 35.5. The van der Waals surface area contributed by atoms with E-state index in [4.69, 9.17) is 11.6 Å². The Hall–Kier alpha value is -1.16. The second-order valence-corrected chi connectivity index (χ2v) is 3.87. The molecule has 1 rings (SSSR count). The van der Waals surface area contributed by atoms with Gasteiger partial charge >= 0.3 is 0 Å². The van der Waals surface area contributed by atoms with Gasteiger partial charge in [-0.3, -0.25) is 4.79 Å². The molecule has 0 radical (unpaired) electrons. The molecule has 5 heteroatoms. The van der Waals surface area contributed by atoms with Crippen molar-refractivity contribution in [3.8, 4) is 0 Å². The lowest BCUT2D eigenvalue weighted by atomic mass is 10.1. The molecule has 4 nitrogen and oxygen atoms in total. The van der Waals surface area contributed by atoms with E-state index in [1.165, 1.54) is 12.4 Å². The van der Waals surface area contributed by atoms with Crippen molar-refractivity contribution in [2.24, 2.45) is 0 Å². The predicted octanol–water partition coefficient (Wildman–Crippen LogP) is 1.22. The lowest BCUT2D eigenvalue weighted by molar-refractivity contribution is 0.0920. The Morgan fingerprint density at radius 3 is 2.79 bits per heavy atom. The van der Waals surface area contributed by atoms with Gasteiger partial charge in [-0.25, -0.2) is 0 Å². The number of alkyl halides is 1. The quantitative estimate of drug-likeness (QED) is 0.769. The molecule has 0 fully saturated rings. The number of carbonyl (C=O) groups is 1. The minimum Gasteiger partial charge on any atom is -0.346 e. The van der Waals surface area contributed by atoms with Gasteiger partial charge in [0.1, 0.15) is 0 Å². The van der Waals surface area contributed by atoms with E-state index in [1.807, 2.05) is 13.8 Å². The molecular formula is C9H12ClN3O. The molecule has 0 saturated heterocycles. The molecule has 0 bridgehead atoms. The highest BCUT2D eigenvalue weighted by molar-refractivity contribution is 6.18. The Labute approximate surface area is 87.7 Å². The number of halogens is 1. The molecule has 0 aliphatic rings. The maximum atomic E-state index is 11.6. The van der Waals surface area contributed by atoms with E-state index in [9.17, 15) is 4.79 Å². The second-order valence-electron chi connectivity index (χ2n) is 3.60. The van der Waals surface area contributed by atoms with Crippen LogP contribution in [0.25, 0.3) is 0 Å². The summed E-state index contributed by atoms with van der Waals surface area (Å²) in [5, 5.41) is 9.99. The first-order chi connectivity index (χ1) is 6.55. The number of aromatic nitrogens is 2. The second kappa shape index (κ2) is 4.37. The van der Waals surface area contributed by atoms with Gasteiger partial charge in [0.2, 0.25) is 0 Å². The molecule has 1 aromatic rings. The van der Waals surface area contributed by atoms with E-state index >= 15 is 0 Å². The fourth-order valence-electron chi connectivity index (χ4n) is 0.838. The predicted molar refractivity (Wildman–Crippen MR) is 54.3 cm³/mol. The van der Waals surface area contributed by atoms with Gasteiger partial charge in [0, 0.05) is 11.4 Å². The zero-order valence-corrected chi connectivity index (χ0v) is 8.88. The number of rotatable bonds is 3. The summed E-state index contributed by atoms with van der Waals surface area (Å²) < 4.78 is 0. The minimum atomic E-state index is -0.415. The summed E-state index contributed by atoms with van der Waals surface area (Å²) in [6.07, 6.45) is 2.89. The smallest absolute Gasteiger partial charge is 0.253 e. The monoisotopic (exact) mass is 213 g/mol. The van der Waals surface area contributed by atoms with Gasteiger partial charge in [-0.05, 0) is 19.9 Å². The number of hydrogen-bond donors (Lipinski definition) is 1. The Balaban J connectivity index is 2.69. The van der Waals surface area contributed by atoms with E-state index in [0.29, 0.717) is 11.4 Å². The topological polar surface area (TPSA) is 54.9 Å². The van der Waals surface area contributed by atoms with Crippen LogP contribution in [-0.4, -0.2) is 27.5 Å². The van der Waals surface area contributed by atoms with Crippen molar-refractivity contribution in [3.05, 3.63) is 24.0 Å². The van der Waals surface area contributed by atoms with Gasteiger partial charge < -0.3 is 5.32 Å². The van der Waals surface area contributed by atoms with Crippen LogP contribution < -0.4 is 5.32 Å². The molecule has 1 N–H and O–H groups in total. The Kier molecular flexibility index (Phi) is 3.41. The summed E-state index contributed by atoms with van der Waals surface area (Å²) in [6, 6.07) is 1.60. The van der Waals surface area contributed by atoms with E-state index in [-0.39, 0.29) is 5.91 Å². The van der Waals surface area contributed by atoms with E-state index in [1.54, 1.807) is 6.07 Å². The Morgan fingerprint density at radius 2 is 2.29 bits per heavy atom. The first-order valence-electron chi connectivity index (χ1n) is 4.20. The van der Waals surface area contributed by atoms with Crippen molar-refractivity contribution in [1.82, 2.24) is 15.5 Å². The van der Waals surface area contributed by atoms with Crippen LogP contribution in [-0.2, 0) is 0 Å². The lowest BCUT2D eigenvalue weighted by Crippen LogP contribution is -2.44. The largest absolute Gasteiger partial charge is 0.346 e. The molecule has 0 saturated carbocycles. The molecule has 76 valence electrons. The van der Waals surface area contributed by atoms with Gasteiger partial charge in [-0.2, -0.15) is 10.2 Å². The van der Waals surface area contributed by atoms with Crippen LogP contribution in [0.15, 0.2) is 18.5 Å². The van der Waals surface area contributed by atoms with E-state index in [2.05, 4.69) is 15.5 Å². The number of nitrogens with zero attached hydrogens (tertiary/aromatic N) is 2. The van der Waals surface area contributed by atoms with Crippen LogP contribution in [0.2, 0.25) is 0 Å². The third kappa shape index (κ3) is 2.96. The number of amides is 1. The zero-order valence-electron chi connectivity index (χ0n) is 8.12. The number of hydrogen-bond acceptors (Lipinski definition) is 3. The van der Waals surface area contributed by atoms with Crippen LogP contribution in [0, 0.1) is 0 Å². The third-order valence-electron chi connectivity index (χ3n) is 1.63. The summed E-state index contributed by atoms with van der Waals surface area (Å²) in [7, 11) is 0. The molecule has 0 aromatic carbocycles. The maximum Gasteiger partial charge on any atom is 0.253 e. The van der Waals surface area contributed by atoms with Gasteiger partial charge in [-0.15, -0.1) is 11.6 Å². The normalized spacial score (nSPS) is 11.1. The van der Waals surface area contributed by atoms with Crippen molar-refractivity contribution >= 4 is 17.5 Å². The molecule has 0 aliphatic heterocycles. The van der Waals surface area contributed by atoms with Crippen LogP contribution in [0.1, 0.15) is 24.2 Å². The van der Waals surface area contributed by atoms with Crippen molar-refractivity contribution in [2.45, 2.75) is 19.4 Å². The van der Waals surface area contributed by atoms with Crippen LogP contribution in [0.4, 0.5) is 0 Å². The molecule has 0 unspecified atom stereocenters. The first-order valence-corrected chi connectivity index (χ1v) is 4.74. The molecular weight excluding hydrogens is 202 g/mol. The van der Waals surface area contributed by atoms with Crippen molar-refractivity contribution in [1.29, 1.82) is 0 Å². The fourth-order valence-corrected chi connectivity index (χ4v) is 0.905. The van der Waals surface area contributed by atoms with Crippen molar-refractivity contribution < 1.29 is 4.79 Å². The highest BCUT2D eigenvalue weighted by Crippen LogP contribution is 2.06. The summed E-state index contributed by atoms with van der Waals surface area (Å²) in [5.74, 6) is 0.169. The summed E-state index contributed by atoms with van der Waals surface area (Å²) in [5.41, 5.74) is 0.0697. The Bertz CT molecular complexity index is 313. The molecule has 1 aromatic heterocycles. The van der Waals surface area contributed by atoms with Gasteiger partial charge in [0.15, 0.2) is 0 Å². The van der Waals surface area contributed by atoms with Gasteiger partial charge in [0.25, 0.3) is 5.91 Å². The summed E-state index contributed by atoms with van der Waals surface area (Å²) in [6.45, 7) is 3.71. The van der Waals surface area contributed by atoms with E-state index in [0.717, 1.165) is 0 Å². The standard InChI is InChI=1S/C9H12ClN3O/c1-9(2,6-10)13-8(14)7-3-4-11-12-5-7/h3-5H,6H2,1-2H3,(H,13,14). The first kappa shape index (κ1) is 10.9. The minimum absolute atomic E-state index is 0.189. The number of carbonyl (C=O) groups excluding carboxylic acids is 1. The molecule has 14 heavy (non-hydrogen) atoms. The van der Waals surface area contributed by atoms with Crippen LogP contribution in [0.3, 0.4) is 0 Å². The molecule has 1 amide bonds. The SMILES string of the molecule is CC(C)(CCl)NC(=O)c1ccnnc1. The molecule has 0 spiro atoms. The average molecular weight is 214 g/mol. The molecule has 1 heterocycles. The van der Waals surface area contributed by atoms with Crippen LogP contribution >= 0.6 is 11.6 Å². The van der Waals surface area contributed by atoms with E-state index < -0.39 is 5.54 Å². The summed E-state index contributed by atoms with van der Waals surface area (Å²) in [4.78, 5) is 11.6. The maximum absolute atomic E-state index is 11.6. The third-order valence-corrected chi connectivity index (χ3v) is 2.30.